The van der Waals surface area contributed by atoms with E-state index in [1.807, 2.05) is 0 Å². The Kier molecular flexibility index (Phi) is 3.47. The molecule has 2 N–H and O–H groups in total. The number of amides is 3. The number of carbonyl (C=O) groups excluding carboxylic acids is 3. The van der Waals surface area contributed by atoms with Crippen LogP contribution in [0.2, 0.25) is 0 Å². The van der Waals surface area contributed by atoms with Crippen molar-refractivity contribution in [3.05, 3.63) is 35.4 Å². The Bertz CT molecular complexity index is 579. The highest BCUT2D eigenvalue weighted by atomic mass is 16.2. The van der Waals surface area contributed by atoms with Crippen LogP contribution in [0.25, 0.3) is 0 Å². The highest BCUT2D eigenvalue weighted by molar-refractivity contribution is 6.22. The van der Waals surface area contributed by atoms with Crippen molar-refractivity contribution in [2.24, 2.45) is 11.7 Å². The first kappa shape index (κ1) is 13.8. The summed E-state index contributed by atoms with van der Waals surface area (Å²) in [5.74, 6) is -0.659. The van der Waals surface area contributed by atoms with Crippen molar-refractivity contribution in [1.29, 1.82) is 0 Å². The second kappa shape index (κ2) is 5.29. The molecule has 21 heavy (non-hydrogen) atoms. The van der Waals surface area contributed by atoms with Crippen molar-refractivity contribution in [3.63, 3.8) is 0 Å². The second-order valence-corrected chi connectivity index (χ2v) is 5.47. The molecule has 0 radical (unpaired) electrons. The van der Waals surface area contributed by atoms with E-state index >= 15 is 0 Å². The number of carbonyl (C=O) groups is 3. The number of hydrogen-bond donors (Lipinski definition) is 1. The van der Waals surface area contributed by atoms with Gasteiger partial charge in [-0.2, -0.15) is 0 Å². The fourth-order valence-electron chi connectivity index (χ4n) is 2.87. The van der Waals surface area contributed by atoms with Crippen LogP contribution in [0.15, 0.2) is 24.3 Å². The van der Waals surface area contributed by atoms with Crippen molar-refractivity contribution in [1.82, 2.24) is 9.80 Å². The molecule has 1 aromatic carbocycles. The van der Waals surface area contributed by atoms with Crippen LogP contribution in [0.5, 0.6) is 0 Å². The van der Waals surface area contributed by atoms with E-state index in [0.717, 1.165) is 11.3 Å². The Balaban J connectivity index is 1.71. The highest BCUT2D eigenvalue weighted by Gasteiger charge is 2.37. The van der Waals surface area contributed by atoms with Gasteiger partial charge < -0.3 is 10.6 Å². The quantitative estimate of drug-likeness (QED) is 0.799. The van der Waals surface area contributed by atoms with Crippen LogP contribution in [0.4, 0.5) is 0 Å². The minimum Gasteiger partial charge on any atom is -0.341 e. The molecule has 2 heterocycles. The summed E-state index contributed by atoms with van der Waals surface area (Å²) in [6, 6.07) is 6.64. The Morgan fingerprint density at radius 2 is 1.81 bits per heavy atom. The average Bonchev–Trinajstić information content (AvgIpc) is 3.07. The number of imide groups is 1. The van der Waals surface area contributed by atoms with E-state index < -0.39 is 11.8 Å². The molecule has 110 valence electrons. The molecule has 3 amide bonds. The topological polar surface area (TPSA) is 83.7 Å². The Morgan fingerprint density at radius 3 is 2.33 bits per heavy atom. The number of benzene rings is 1. The minimum atomic E-state index is -0.390. The van der Waals surface area contributed by atoms with E-state index in [4.69, 9.17) is 5.73 Å². The van der Waals surface area contributed by atoms with Crippen LogP contribution in [0, 0.1) is 5.92 Å². The minimum absolute atomic E-state index is 0.191. The lowest BCUT2D eigenvalue weighted by Crippen LogP contribution is -2.42. The van der Waals surface area contributed by atoms with Gasteiger partial charge in [0.1, 0.15) is 6.54 Å². The summed E-state index contributed by atoms with van der Waals surface area (Å²) in [4.78, 5) is 39.3. The predicted octanol–water partition coefficient (Wildman–Crippen LogP) is 0.0898. The third-order valence-corrected chi connectivity index (χ3v) is 4.14. The van der Waals surface area contributed by atoms with Crippen LogP contribution in [-0.4, -0.2) is 53.7 Å². The molecule has 1 unspecified atom stereocenters. The van der Waals surface area contributed by atoms with Gasteiger partial charge in [0.15, 0.2) is 0 Å². The normalized spacial score (nSPS) is 21.1. The summed E-state index contributed by atoms with van der Waals surface area (Å²) in [6.07, 6.45) is 0.879. The van der Waals surface area contributed by atoms with Crippen molar-refractivity contribution >= 4 is 17.7 Å². The van der Waals surface area contributed by atoms with Gasteiger partial charge in [-0.1, -0.05) is 12.1 Å². The molecule has 0 aliphatic carbocycles. The molecule has 3 rings (SSSR count). The van der Waals surface area contributed by atoms with Crippen LogP contribution >= 0.6 is 0 Å². The lowest BCUT2D eigenvalue weighted by atomic mass is 10.1. The van der Waals surface area contributed by atoms with Gasteiger partial charge in [0.05, 0.1) is 11.1 Å². The molecular formula is C15H17N3O3. The summed E-state index contributed by atoms with van der Waals surface area (Å²) < 4.78 is 0. The maximum atomic E-state index is 12.2. The molecule has 0 saturated carbocycles. The molecule has 1 aromatic rings. The third-order valence-electron chi connectivity index (χ3n) is 4.14. The molecule has 2 aliphatic heterocycles. The number of hydrogen-bond acceptors (Lipinski definition) is 4. The van der Waals surface area contributed by atoms with Crippen LogP contribution in [-0.2, 0) is 4.79 Å². The number of fused-ring (bicyclic) bond motifs is 1. The van der Waals surface area contributed by atoms with E-state index in [1.165, 1.54) is 0 Å². The summed E-state index contributed by atoms with van der Waals surface area (Å²) in [7, 11) is 0. The highest BCUT2D eigenvalue weighted by Crippen LogP contribution is 2.23. The van der Waals surface area contributed by atoms with E-state index in [9.17, 15) is 14.4 Å². The SMILES string of the molecule is NCC1CCN(C(=O)CN2C(=O)c3ccccc3C2=O)C1. The summed E-state index contributed by atoms with van der Waals surface area (Å²) in [5.41, 5.74) is 6.35. The molecular weight excluding hydrogens is 270 g/mol. The summed E-state index contributed by atoms with van der Waals surface area (Å²) >= 11 is 0. The van der Waals surface area contributed by atoms with Gasteiger partial charge in [-0.05, 0) is 31.0 Å². The van der Waals surface area contributed by atoms with Crippen molar-refractivity contribution in [2.45, 2.75) is 6.42 Å². The zero-order valence-electron chi connectivity index (χ0n) is 11.6. The number of nitrogens with two attached hydrogens (primary N) is 1. The Labute approximate surface area is 122 Å². The Morgan fingerprint density at radius 1 is 1.19 bits per heavy atom. The smallest absolute Gasteiger partial charge is 0.262 e. The van der Waals surface area contributed by atoms with Crippen LogP contribution in [0.3, 0.4) is 0 Å². The molecule has 0 spiro atoms. The fourth-order valence-corrected chi connectivity index (χ4v) is 2.87. The average molecular weight is 287 g/mol. The van der Waals surface area contributed by atoms with Crippen molar-refractivity contribution in [3.8, 4) is 0 Å². The fraction of sp³-hybridized carbons (Fsp3) is 0.400. The first-order valence-electron chi connectivity index (χ1n) is 7.05. The number of nitrogens with zero attached hydrogens (tertiary/aromatic N) is 2. The van der Waals surface area contributed by atoms with E-state index in [0.29, 0.717) is 36.7 Å². The predicted molar refractivity (Wildman–Crippen MR) is 75.6 cm³/mol. The van der Waals surface area contributed by atoms with Crippen molar-refractivity contribution < 1.29 is 14.4 Å². The largest absolute Gasteiger partial charge is 0.341 e. The van der Waals surface area contributed by atoms with Gasteiger partial charge in [-0.3, -0.25) is 19.3 Å². The molecule has 0 aromatic heterocycles. The molecule has 2 aliphatic rings. The molecule has 6 nitrogen and oxygen atoms in total. The van der Waals surface area contributed by atoms with Gasteiger partial charge in [-0.25, -0.2) is 0 Å². The molecule has 1 atom stereocenters. The Hall–Kier alpha value is -2.21. The summed E-state index contributed by atoms with van der Waals surface area (Å²) in [6.45, 7) is 1.61. The van der Waals surface area contributed by atoms with Gasteiger partial charge in [0.2, 0.25) is 5.91 Å². The number of rotatable bonds is 3. The zero-order valence-corrected chi connectivity index (χ0v) is 11.6. The van der Waals surface area contributed by atoms with Crippen LogP contribution in [0.1, 0.15) is 27.1 Å². The lowest BCUT2D eigenvalue weighted by Gasteiger charge is -2.20. The van der Waals surface area contributed by atoms with Gasteiger partial charge in [-0.15, -0.1) is 0 Å². The lowest BCUT2D eigenvalue weighted by molar-refractivity contribution is -0.130. The molecule has 0 bridgehead atoms. The first-order valence-corrected chi connectivity index (χ1v) is 7.05. The van der Waals surface area contributed by atoms with Crippen molar-refractivity contribution in [2.75, 3.05) is 26.2 Å². The monoisotopic (exact) mass is 287 g/mol. The van der Waals surface area contributed by atoms with E-state index in [2.05, 4.69) is 0 Å². The molecule has 1 fully saturated rings. The summed E-state index contributed by atoms with van der Waals surface area (Å²) in [5, 5.41) is 0. The zero-order chi connectivity index (χ0) is 15.0. The molecule has 6 heteroatoms. The second-order valence-electron chi connectivity index (χ2n) is 5.47. The van der Waals surface area contributed by atoms with Gasteiger partial charge >= 0.3 is 0 Å². The van der Waals surface area contributed by atoms with E-state index in [-0.39, 0.29) is 12.5 Å². The first-order chi connectivity index (χ1) is 10.1. The van der Waals surface area contributed by atoms with Gasteiger partial charge in [0.25, 0.3) is 11.8 Å². The number of likely N-dealkylation sites (tertiary alicyclic amines) is 1. The maximum Gasteiger partial charge on any atom is 0.262 e. The van der Waals surface area contributed by atoms with Crippen LogP contribution < -0.4 is 5.73 Å². The third kappa shape index (κ3) is 2.31. The molecule has 1 saturated heterocycles. The van der Waals surface area contributed by atoms with E-state index in [1.54, 1.807) is 29.2 Å². The standard InChI is InChI=1S/C15H17N3O3/c16-7-10-5-6-17(8-10)13(19)9-18-14(20)11-3-1-2-4-12(11)15(18)21/h1-4,10H,5-9,16H2. The van der Waals surface area contributed by atoms with Gasteiger partial charge in [0, 0.05) is 13.1 Å². The maximum absolute atomic E-state index is 12.2.